The van der Waals surface area contributed by atoms with Crippen LogP contribution in [0, 0.1) is 17.6 Å². The lowest BCUT2D eigenvalue weighted by Crippen LogP contribution is -2.38. The zero-order valence-corrected chi connectivity index (χ0v) is 19.7. The SMILES string of the molecule is CC(=O)N1CCc2nc(N3CCC(C(F)c4ccc(F)cc4F)CC3)c(-c3cnn(C)c3)nc2C1. The quantitative estimate of drug-likeness (QED) is 0.560. The zero-order valence-electron chi connectivity index (χ0n) is 19.7. The summed E-state index contributed by atoms with van der Waals surface area (Å²) in [5, 5.41) is 4.27. The van der Waals surface area contributed by atoms with Crippen molar-refractivity contribution < 1.29 is 18.0 Å². The number of fused-ring (bicyclic) bond motifs is 1. The number of piperidine rings is 1. The Hall–Kier alpha value is -3.43. The molecular weight excluding hydrogens is 457 g/mol. The van der Waals surface area contributed by atoms with E-state index in [-0.39, 0.29) is 17.4 Å². The Bertz CT molecular complexity index is 1250. The molecule has 0 radical (unpaired) electrons. The first-order valence-electron chi connectivity index (χ1n) is 11.8. The molecule has 2 aliphatic heterocycles. The minimum atomic E-state index is -1.50. The first-order chi connectivity index (χ1) is 16.8. The van der Waals surface area contributed by atoms with Crippen molar-refractivity contribution in [3.05, 3.63) is 59.2 Å². The second-order valence-corrected chi connectivity index (χ2v) is 9.27. The minimum Gasteiger partial charge on any atom is -0.355 e. The minimum absolute atomic E-state index is 0.00453. The zero-order chi connectivity index (χ0) is 24.7. The second-order valence-electron chi connectivity index (χ2n) is 9.27. The summed E-state index contributed by atoms with van der Waals surface area (Å²) in [6.07, 6.45) is 3.72. The fourth-order valence-electron chi connectivity index (χ4n) is 4.93. The van der Waals surface area contributed by atoms with E-state index in [1.165, 1.54) is 6.07 Å². The number of alkyl halides is 1. The summed E-state index contributed by atoms with van der Waals surface area (Å²) in [6, 6.07) is 3.02. The number of amides is 1. The van der Waals surface area contributed by atoms with Crippen molar-refractivity contribution >= 4 is 11.7 Å². The summed E-state index contributed by atoms with van der Waals surface area (Å²) in [6.45, 7) is 3.63. The van der Waals surface area contributed by atoms with Gasteiger partial charge in [0.2, 0.25) is 5.91 Å². The van der Waals surface area contributed by atoms with Gasteiger partial charge in [-0.25, -0.2) is 23.1 Å². The van der Waals surface area contributed by atoms with Gasteiger partial charge >= 0.3 is 0 Å². The van der Waals surface area contributed by atoms with E-state index < -0.39 is 17.8 Å². The third-order valence-corrected chi connectivity index (χ3v) is 6.93. The molecule has 4 heterocycles. The van der Waals surface area contributed by atoms with E-state index in [0.717, 1.165) is 34.9 Å². The van der Waals surface area contributed by atoms with Gasteiger partial charge in [-0.15, -0.1) is 0 Å². The molecule has 0 aliphatic carbocycles. The van der Waals surface area contributed by atoms with E-state index in [4.69, 9.17) is 9.97 Å². The summed E-state index contributed by atoms with van der Waals surface area (Å²) in [7, 11) is 1.83. The monoisotopic (exact) mass is 484 g/mol. The molecule has 2 aromatic heterocycles. The van der Waals surface area contributed by atoms with Gasteiger partial charge in [0, 0.05) is 63.4 Å². The van der Waals surface area contributed by atoms with Crippen molar-refractivity contribution in [3.8, 4) is 11.3 Å². The van der Waals surface area contributed by atoms with Gasteiger partial charge in [-0.05, 0) is 24.8 Å². The molecule has 1 atom stereocenters. The van der Waals surface area contributed by atoms with Gasteiger partial charge in [0.1, 0.15) is 23.5 Å². The number of anilines is 1. The highest BCUT2D eigenvalue weighted by Crippen LogP contribution is 2.38. The van der Waals surface area contributed by atoms with Crippen molar-refractivity contribution in [3.63, 3.8) is 0 Å². The lowest BCUT2D eigenvalue weighted by atomic mass is 9.88. The highest BCUT2D eigenvalue weighted by atomic mass is 19.1. The number of benzene rings is 1. The van der Waals surface area contributed by atoms with Crippen molar-refractivity contribution in [2.24, 2.45) is 13.0 Å². The fourth-order valence-corrected chi connectivity index (χ4v) is 4.93. The van der Waals surface area contributed by atoms with Crippen molar-refractivity contribution in [2.45, 2.75) is 38.9 Å². The van der Waals surface area contributed by atoms with Crippen molar-refractivity contribution in [1.82, 2.24) is 24.6 Å². The van der Waals surface area contributed by atoms with Crippen molar-refractivity contribution in [1.29, 1.82) is 0 Å². The van der Waals surface area contributed by atoms with E-state index in [0.29, 0.717) is 51.1 Å². The predicted octanol–water partition coefficient (Wildman–Crippen LogP) is 3.99. The van der Waals surface area contributed by atoms with Crippen LogP contribution in [-0.2, 0) is 24.8 Å². The van der Waals surface area contributed by atoms with Gasteiger partial charge in [0.05, 0.1) is 24.1 Å². The highest BCUT2D eigenvalue weighted by molar-refractivity contribution is 5.74. The third-order valence-electron chi connectivity index (χ3n) is 6.93. The average molecular weight is 485 g/mol. The molecule has 10 heteroatoms. The van der Waals surface area contributed by atoms with Gasteiger partial charge < -0.3 is 9.80 Å². The molecule has 0 spiro atoms. The fraction of sp³-hybridized carbons (Fsp3) is 0.440. The van der Waals surface area contributed by atoms with E-state index >= 15 is 4.39 Å². The summed E-state index contributed by atoms with van der Waals surface area (Å²) >= 11 is 0. The number of carbonyl (C=O) groups excluding carboxylic acids is 1. The summed E-state index contributed by atoms with van der Waals surface area (Å²) in [4.78, 5) is 25.6. The molecule has 1 unspecified atom stereocenters. The number of rotatable bonds is 4. The van der Waals surface area contributed by atoms with Crippen LogP contribution in [0.5, 0.6) is 0 Å². The van der Waals surface area contributed by atoms with Crippen LogP contribution >= 0.6 is 0 Å². The molecule has 5 rings (SSSR count). The summed E-state index contributed by atoms with van der Waals surface area (Å²) < 4.78 is 44.2. The normalized spacial score (nSPS) is 17.4. The number of carbonyl (C=O) groups is 1. The van der Waals surface area contributed by atoms with Crippen LogP contribution in [0.3, 0.4) is 0 Å². The Balaban J connectivity index is 1.40. The van der Waals surface area contributed by atoms with Gasteiger partial charge in [0.15, 0.2) is 5.82 Å². The number of aromatic nitrogens is 4. The Labute approximate surface area is 201 Å². The summed E-state index contributed by atoms with van der Waals surface area (Å²) in [5.74, 6) is -1.21. The Morgan fingerprint density at radius 1 is 1.11 bits per heavy atom. The maximum absolute atomic E-state index is 15.2. The molecule has 2 aliphatic rings. The molecule has 1 fully saturated rings. The molecule has 0 N–H and O–H groups in total. The predicted molar refractivity (Wildman–Crippen MR) is 124 cm³/mol. The molecule has 35 heavy (non-hydrogen) atoms. The topological polar surface area (TPSA) is 67.2 Å². The van der Waals surface area contributed by atoms with Crippen LogP contribution in [0.2, 0.25) is 0 Å². The number of halogens is 3. The van der Waals surface area contributed by atoms with E-state index in [1.54, 1.807) is 22.7 Å². The van der Waals surface area contributed by atoms with Crippen molar-refractivity contribution in [2.75, 3.05) is 24.5 Å². The van der Waals surface area contributed by atoms with Crippen LogP contribution < -0.4 is 4.90 Å². The molecule has 7 nitrogen and oxygen atoms in total. The maximum atomic E-state index is 15.2. The Morgan fingerprint density at radius 2 is 1.89 bits per heavy atom. The smallest absolute Gasteiger partial charge is 0.219 e. The summed E-state index contributed by atoms with van der Waals surface area (Å²) in [5.41, 5.74) is 3.05. The van der Waals surface area contributed by atoms with Gasteiger partial charge in [-0.3, -0.25) is 9.48 Å². The highest BCUT2D eigenvalue weighted by Gasteiger charge is 2.32. The van der Waals surface area contributed by atoms with E-state index in [1.807, 2.05) is 13.2 Å². The van der Waals surface area contributed by atoms with Crippen LogP contribution in [0.15, 0.2) is 30.6 Å². The molecule has 0 saturated carbocycles. The third kappa shape index (κ3) is 4.61. The van der Waals surface area contributed by atoms with Gasteiger partial charge in [0.25, 0.3) is 0 Å². The van der Waals surface area contributed by atoms with Crippen LogP contribution in [0.1, 0.15) is 42.9 Å². The molecule has 184 valence electrons. The number of aryl methyl sites for hydroxylation is 1. The number of hydrogen-bond acceptors (Lipinski definition) is 5. The maximum Gasteiger partial charge on any atom is 0.219 e. The molecule has 1 saturated heterocycles. The van der Waals surface area contributed by atoms with E-state index in [9.17, 15) is 13.6 Å². The largest absolute Gasteiger partial charge is 0.355 e. The van der Waals surface area contributed by atoms with Gasteiger partial charge in [-0.1, -0.05) is 6.07 Å². The standard InChI is InChI=1S/C25H27F3N6O/c1-15(35)34-10-7-21-22(14-34)30-24(17-12-29-32(2)13-17)25(31-21)33-8-5-16(6-9-33)23(28)19-4-3-18(26)11-20(19)27/h3-4,11-13,16,23H,5-10,14H2,1-2H3. The first kappa shape index (κ1) is 23.3. The molecule has 0 bridgehead atoms. The van der Waals surface area contributed by atoms with Crippen LogP contribution in [0.25, 0.3) is 11.3 Å². The number of nitrogens with zero attached hydrogens (tertiary/aromatic N) is 6. The molecule has 1 aromatic carbocycles. The second kappa shape index (κ2) is 9.31. The first-order valence-corrected chi connectivity index (χ1v) is 11.8. The lowest BCUT2D eigenvalue weighted by molar-refractivity contribution is -0.129. The molecular formula is C25H27F3N6O. The molecule has 1 amide bonds. The Morgan fingerprint density at radius 3 is 2.54 bits per heavy atom. The lowest BCUT2D eigenvalue weighted by Gasteiger charge is -2.36. The van der Waals surface area contributed by atoms with E-state index in [2.05, 4.69) is 10.00 Å². The molecule has 3 aromatic rings. The van der Waals surface area contributed by atoms with Crippen LogP contribution in [-0.4, -0.2) is 50.2 Å². The Kier molecular flexibility index (Phi) is 6.21. The average Bonchev–Trinajstić information content (AvgIpc) is 3.28. The number of hydrogen-bond donors (Lipinski definition) is 0. The van der Waals surface area contributed by atoms with Gasteiger partial charge in [-0.2, -0.15) is 5.10 Å². The van der Waals surface area contributed by atoms with Crippen LogP contribution in [0.4, 0.5) is 19.0 Å².